The molecule has 0 aromatic heterocycles. The summed E-state index contributed by atoms with van der Waals surface area (Å²) in [4.78, 5) is 22.9. The average Bonchev–Trinajstić information content (AvgIpc) is 2.28. The minimum absolute atomic E-state index is 0.212. The largest absolute Gasteiger partial charge is 0.480 e. The molecular weight excluding hydrogens is 220 g/mol. The standard InChI is InChI=1S/C12H22N2O3/c1-4-8-5-6-13-9(7-8)10(15)14-12(2,3)11(16)17/h8-9,13H,4-7H2,1-3H3,(H,14,15)(H,16,17). The Hall–Kier alpha value is -1.10. The first kappa shape index (κ1) is 14.0. The lowest BCUT2D eigenvalue weighted by molar-refractivity contribution is -0.146. The molecular formula is C12H22N2O3. The van der Waals surface area contributed by atoms with Crippen LogP contribution in [-0.4, -0.2) is 35.1 Å². The molecule has 0 aliphatic carbocycles. The molecule has 1 amide bonds. The van der Waals surface area contributed by atoms with Crippen LogP contribution in [0.3, 0.4) is 0 Å². The summed E-state index contributed by atoms with van der Waals surface area (Å²) in [5.74, 6) is -0.677. The minimum Gasteiger partial charge on any atom is -0.480 e. The maximum Gasteiger partial charge on any atom is 0.328 e. The van der Waals surface area contributed by atoms with Crippen LogP contribution in [0.25, 0.3) is 0 Å². The van der Waals surface area contributed by atoms with Crippen LogP contribution in [0.2, 0.25) is 0 Å². The lowest BCUT2D eigenvalue weighted by Crippen LogP contribution is -2.57. The van der Waals surface area contributed by atoms with Gasteiger partial charge in [-0.15, -0.1) is 0 Å². The fourth-order valence-electron chi connectivity index (χ4n) is 2.02. The molecule has 1 saturated heterocycles. The highest BCUT2D eigenvalue weighted by Crippen LogP contribution is 2.19. The van der Waals surface area contributed by atoms with E-state index in [9.17, 15) is 9.59 Å². The van der Waals surface area contributed by atoms with Gasteiger partial charge in [-0.3, -0.25) is 4.79 Å². The number of nitrogens with one attached hydrogen (secondary N) is 2. The first-order chi connectivity index (χ1) is 7.86. The number of carboxylic acids is 1. The van der Waals surface area contributed by atoms with E-state index >= 15 is 0 Å². The molecule has 1 fully saturated rings. The van der Waals surface area contributed by atoms with E-state index in [0.29, 0.717) is 5.92 Å². The predicted octanol–water partition coefficient (Wildman–Crippen LogP) is 0.744. The number of aliphatic carboxylic acids is 1. The van der Waals surface area contributed by atoms with Gasteiger partial charge in [-0.25, -0.2) is 4.79 Å². The summed E-state index contributed by atoms with van der Waals surface area (Å²) in [5.41, 5.74) is -1.21. The Bertz CT molecular complexity index is 302. The van der Waals surface area contributed by atoms with E-state index in [1.807, 2.05) is 0 Å². The molecule has 0 saturated carbocycles. The number of carbonyl (C=O) groups is 2. The lowest BCUT2D eigenvalue weighted by atomic mass is 9.89. The molecule has 3 N–H and O–H groups in total. The van der Waals surface area contributed by atoms with Gasteiger partial charge in [-0.05, 0) is 39.2 Å². The predicted molar refractivity (Wildman–Crippen MR) is 64.7 cm³/mol. The summed E-state index contributed by atoms with van der Waals surface area (Å²) in [6.45, 7) is 5.93. The van der Waals surface area contributed by atoms with Crippen molar-refractivity contribution in [1.29, 1.82) is 0 Å². The molecule has 0 bridgehead atoms. The van der Waals surface area contributed by atoms with Gasteiger partial charge in [0.05, 0.1) is 6.04 Å². The second kappa shape index (κ2) is 5.49. The fourth-order valence-corrected chi connectivity index (χ4v) is 2.02. The third-order valence-corrected chi connectivity index (χ3v) is 3.38. The Morgan fingerprint density at radius 3 is 2.65 bits per heavy atom. The molecule has 98 valence electrons. The molecule has 5 nitrogen and oxygen atoms in total. The molecule has 5 heteroatoms. The molecule has 0 radical (unpaired) electrons. The molecule has 1 aliphatic heterocycles. The van der Waals surface area contributed by atoms with Crippen LogP contribution in [0.4, 0.5) is 0 Å². The molecule has 0 spiro atoms. The second-order valence-corrected chi connectivity index (χ2v) is 5.22. The van der Waals surface area contributed by atoms with Gasteiger partial charge in [-0.1, -0.05) is 13.3 Å². The zero-order valence-electron chi connectivity index (χ0n) is 10.7. The van der Waals surface area contributed by atoms with Crippen LogP contribution < -0.4 is 10.6 Å². The third-order valence-electron chi connectivity index (χ3n) is 3.38. The summed E-state index contributed by atoms with van der Waals surface area (Å²) in [6, 6.07) is -0.257. The van der Waals surface area contributed by atoms with Crippen LogP contribution in [0.15, 0.2) is 0 Å². The molecule has 0 aromatic rings. The quantitative estimate of drug-likeness (QED) is 0.679. The highest BCUT2D eigenvalue weighted by molar-refractivity contribution is 5.89. The molecule has 1 heterocycles. The molecule has 2 unspecified atom stereocenters. The first-order valence-electron chi connectivity index (χ1n) is 6.15. The van der Waals surface area contributed by atoms with Gasteiger partial charge in [0, 0.05) is 0 Å². The van der Waals surface area contributed by atoms with Crippen molar-refractivity contribution in [3.8, 4) is 0 Å². The molecule has 17 heavy (non-hydrogen) atoms. The minimum atomic E-state index is -1.21. The summed E-state index contributed by atoms with van der Waals surface area (Å²) >= 11 is 0. The van der Waals surface area contributed by atoms with Gasteiger partial charge in [-0.2, -0.15) is 0 Å². The zero-order valence-corrected chi connectivity index (χ0v) is 10.7. The van der Waals surface area contributed by atoms with Crippen molar-refractivity contribution < 1.29 is 14.7 Å². The van der Waals surface area contributed by atoms with Gasteiger partial charge in [0.15, 0.2) is 0 Å². The van der Waals surface area contributed by atoms with Gasteiger partial charge in [0.1, 0.15) is 5.54 Å². The zero-order chi connectivity index (χ0) is 13.1. The van der Waals surface area contributed by atoms with Crippen LogP contribution >= 0.6 is 0 Å². The lowest BCUT2D eigenvalue weighted by Gasteiger charge is -2.31. The monoisotopic (exact) mass is 242 g/mol. The van der Waals surface area contributed by atoms with E-state index in [2.05, 4.69) is 17.6 Å². The van der Waals surface area contributed by atoms with Crippen molar-refractivity contribution in [2.45, 2.75) is 51.6 Å². The third kappa shape index (κ3) is 3.70. The molecule has 1 rings (SSSR count). The van der Waals surface area contributed by atoms with Crippen molar-refractivity contribution in [2.24, 2.45) is 5.92 Å². The number of rotatable bonds is 4. The van der Waals surface area contributed by atoms with Crippen LogP contribution in [0.5, 0.6) is 0 Å². The van der Waals surface area contributed by atoms with Crippen molar-refractivity contribution in [2.75, 3.05) is 6.54 Å². The molecule has 2 atom stereocenters. The Labute approximate surface area is 102 Å². The van der Waals surface area contributed by atoms with Crippen molar-refractivity contribution in [3.63, 3.8) is 0 Å². The van der Waals surface area contributed by atoms with Crippen molar-refractivity contribution in [3.05, 3.63) is 0 Å². The Morgan fingerprint density at radius 2 is 2.12 bits per heavy atom. The Kier molecular flexibility index (Phi) is 4.51. The normalized spacial score (nSPS) is 25.4. The maximum absolute atomic E-state index is 11.9. The van der Waals surface area contributed by atoms with Crippen molar-refractivity contribution >= 4 is 11.9 Å². The van der Waals surface area contributed by atoms with E-state index in [0.717, 1.165) is 25.8 Å². The van der Waals surface area contributed by atoms with Crippen LogP contribution in [0.1, 0.15) is 40.0 Å². The van der Waals surface area contributed by atoms with Crippen LogP contribution in [-0.2, 0) is 9.59 Å². The van der Waals surface area contributed by atoms with Crippen molar-refractivity contribution in [1.82, 2.24) is 10.6 Å². The number of carbonyl (C=O) groups excluding carboxylic acids is 1. The van der Waals surface area contributed by atoms with E-state index in [4.69, 9.17) is 5.11 Å². The summed E-state index contributed by atoms with van der Waals surface area (Å²) < 4.78 is 0. The highest BCUT2D eigenvalue weighted by Gasteiger charge is 2.33. The van der Waals surface area contributed by atoms with E-state index in [1.165, 1.54) is 13.8 Å². The summed E-state index contributed by atoms with van der Waals surface area (Å²) in [7, 11) is 0. The Balaban J connectivity index is 2.55. The van der Waals surface area contributed by atoms with Gasteiger partial charge in [0.2, 0.25) is 5.91 Å². The molecule has 0 aromatic carbocycles. The van der Waals surface area contributed by atoms with Gasteiger partial charge < -0.3 is 15.7 Å². The number of hydrogen-bond acceptors (Lipinski definition) is 3. The van der Waals surface area contributed by atoms with E-state index in [-0.39, 0.29) is 11.9 Å². The number of hydrogen-bond donors (Lipinski definition) is 3. The van der Waals surface area contributed by atoms with E-state index in [1.54, 1.807) is 0 Å². The number of piperidine rings is 1. The van der Waals surface area contributed by atoms with Gasteiger partial charge in [0.25, 0.3) is 0 Å². The summed E-state index contributed by atoms with van der Waals surface area (Å²) in [6.07, 6.45) is 2.94. The topological polar surface area (TPSA) is 78.4 Å². The second-order valence-electron chi connectivity index (χ2n) is 5.22. The SMILES string of the molecule is CCC1CCNC(C(=O)NC(C)(C)C(=O)O)C1. The number of carboxylic acid groups (broad SMARTS) is 1. The average molecular weight is 242 g/mol. The smallest absolute Gasteiger partial charge is 0.328 e. The highest BCUT2D eigenvalue weighted by atomic mass is 16.4. The number of amides is 1. The van der Waals surface area contributed by atoms with E-state index < -0.39 is 11.5 Å². The maximum atomic E-state index is 11.9. The van der Waals surface area contributed by atoms with Gasteiger partial charge >= 0.3 is 5.97 Å². The molecule has 1 aliphatic rings. The fraction of sp³-hybridized carbons (Fsp3) is 0.833. The summed E-state index contributed by atoms with van der Waals surface area (Å²) in [5, 5.41) is 14.7. The Morgan fingerprint density at radius 1 is 1.47 bits per heavy atom. The first-order valence-corrected chi connectivity index (χ1v) is 6.15. The van der Waals surface area contributed by atoms with Crippen LogP contribution in [0, 0.1) is 5.92 Å².